The highest BCUT2D eigenvalue weighted by Crippen LogP contribution is 2.34. The summed E-state index contributed by atoms with van der Waals surface area (Å²) in [4.78, 5) is 11.3. The van der Waals surface area contributed by atoms with Crippen molar-refractivity contribution in [1.29, 1.82) is 0 Å². The monoisotopic (exact) mass is 226 g/mol. The van der Waals surface area contributed by atoms with Gasteiger partial charge in [0.1, 0.15) is 5.69 Å². The van der Waals surface area contributed by atoms with Crippen LogP contribution in [0.3, 0.4) is 0 Å². The maximum atomic E-state index is 10.9. The Kier molecular flexibility index (Phi) is 4.42. The molecule has 4 nitrogen and oxygen atoms in total. The summed E-state index contributed by atoms with van der Waals surface area (Å²) in [5.74, 6) is 0. The highest BCUT2D eigenvalue weighted by Gasteiger charge is 2.18. The predicted molar refractivity (Wildman–Crippen MR) is 63.7 cm³/mol. The van der Waals surface area contributed by atoms with Crippen molar-refractivity contribution in [3.8, 4) is 0 Å². The van der Waals surface area contributed by atoms with Gasteiger partial charge in [0.25, 0.3) is 0 Å². The highest BCUT2D eigenvalue weighted by atomic mass is 32.2. The summed E-state index contributed by atoms with van der Waals surface area (Å²) in [7, 11) is 0. The molecule has 5 heteroatoms. The molecule has 0 heterocycles. The van der Waals surface area contributed by atoms with E-state index in [1.165, 1.54) is 11.8 Å². The molecule has 0 unspecified atom stereocenters. The molecule has 0 atom stereocenters. The van der Waals surface area contributed by atoms with Crippen LogP contribution in [0.15, 0.2) is 23.1 Å². The number of rotatable bonds is 5. The third-order valence-corrected chi connectivity index (χ3v) is 2.74. The van der Waals surface area contributed by atoms with Gasteiger partial charge in [0.2, 0.25) is 0 Å². The van der Waals surface area contributed by atoms with Crippen LogP contribution in [-0.4, -0.2) is 17.7 Å². The number of benzene rings is 1. The Morgan fingerprint density at radius 1 is 1.53 bits per heavy atom. The van der Waals surface area contributed by atoms with Gasteiger partial charge in [-0.05, 0) is 24.8 Å². The molecule has 0 aliphatic carbocycles. The fourth-order valence-corrected chi connectivity index (χ4v) is 1.87. The lowest BCUT2D eigenvalue weighted by atomic mass is 10.2. The predicted octanol–water partition coefficient (Wildman–Crippen LogP) is 3.14. The van der Waals surface area contributed by atoms with Crippen LogP contribution in [-0.2, 0) is 0 Å². The van der Waals surface area contributed by atoms with E-state index in [1.54, 1.807) is 12.1 Å². The van der Waals surface area contributed by atoms with Crippen LogP contribution in [0.5, 0.6) is 0 Å². The van der Waals surface area contributed by atoms with Gasteiger partial charge in [-0.1, -0.05) is 13.0 Å². The average molecular weight is 226 g/mol. The van der Waals surface area contributed by atoms with E-state index in [0.717, 1.165) is 13.0 Å². The molecule has 82 valence electrons. The van der Waals surface area contributed by atoms with Crippen molar-refractivity contribution >= 4 is 23.1 Å². The zero-order valence-electron chi connectivity index (χ0n) is 8.82. The van der Waals surface area contributed by atoms with Crippen LogP contribution < -0.4 is 5.32 Å². The largest absolute Gasteiger partial charge is 0.379 e. The van der Waals surface area contributed by atoms with E-state index >= 15 is 0 Å². The van der Waals surface area contributed by atoms with Crippen LogP contribution in [0.2, 0.25) is 0 Å². The Bertz CT molecular complexity index is 355. The zero-order chi connectivity index (χ0) is 11.3. The molecule has 0 aliphatic rings. The quantitative estimate of drug-likeness (QED) is 0.476. The molecule has 0 radical (unpaired) electrons. The third kappa shape index (κ3) is 2.86. The van der Waals surface area contributed by atoms with Gasteiger partial charge in [-0.15, -0.1) is 11.8 Å². The Balaban J connectivity index is 3.07. The molecule has 1 rings (SSSR count). The van der Waals surface area contributed by atoms with Crippen molar-refractivity contribution in [3.05, 3.63) is 28.3 Å². The Labute approximate surface area is 93.2 Å². The number of nitro benzene ring substituents is 1. The van der Waals surface area contributed by atoms with E-state index in [-0.39, 0.29) is 10.6 Å². The molecule has 1 aromatic carbocycles. The molecule has 15 heavy (non-hydrogen) atoms. The minimum Gasteiger partial charge on any atom is -0.379 e. The number of anilines is 1. The van der Waals surface area contributed by atoms with E-state index < -0.39 is 0 Å². The second kappa shape index (κ2) is 5.60. The van der Waals surface area contributed by atoms with Gasteiger partial charge in [0.05, 0.1) is 9.82 Å². The van der Waals surface area contributed by atoms with E-state index in [0.29, 0.717) is 10.6 Å². The van der Waals surface area contributed by atoms with Gasteiger partial charge in [-0.3, -0.25) is 10.1 Å². The van der Waals surface area contributed by atoms with E-state index in [1.807, 2.05) is 19.2 Å². The summed E-state index contributed by atoms with van der Waals surface area (Å²) in [6, 6.07) is 5.34. The summed E-state index contributed by atoms with van der Waals surface area (Å²) in [6.07, 6.45) is 2.78. The lowest BCUT2D eigenvalue weighted by Gasteiger charge is -2.07. The first-order chi connectivity index (χ1) is 7.20. The Morgan fingerprint density at radius 2 is 2.27 bits per heavy atom. The minimum absolute atomic E-state index is 0.179. The van der Waals surface area contributed by atoms with Crippen LogP contribution in [0, 0.1) is 10.1 Å². The number of para-hydroxylation sites is 1. The van der Waals surface area contributed by atoms with Crippen molar-refractivity contribution in [2.45, 2.75) is 18.2 Å². The van der Waals surface area contributed by atoms with Crippen LogP contribution in [0.25, 0.3) is 0 Å². The van der Waals surface area contributed by atoms with Crippen LogP contribution >= 0.6 is 11.8 Å². The van der Waals surface area contributed by atoms with Gasteiger partial charge in [0, 0.05) is 6.54 Å². The maximum absolute atomic E-state index is 10.9. The summed E-state index contributed by atoms with van der Waals surface area (Å²) in [6.45, 7) is 2.77. The molecule has 0 saturated heterocycles. The zero-order valence-corrected chi connectivity index (χ0v) is 9.63. The average Bonchev–Trinajstić information content (AvgIpc) is 2.25. The topological polar surface area (TPSA) is 55.2 Å². The molecule has 0 spiro atoms. The number of nitrogens with one attached hydrogen (secondary N) is 1. The minimum atomic E-state index is -0.330. The Hall–Kier alpha value is -1.23. The standard InChI is InChI=1S/C10H14N2O2S/c1-3-7-11-8-5-4-6-9(15-2)10(8)12(13)14/h4-6,11H,3,7H2,1-2H3. The van der Waals surface area contributed by atoms with Crippen molar-refractivity contribution in [2.24, 2.45) is 0 Å². The van der Waals surface area contributed by atoms with Crippen molar-refractivity contribution in [1.82, 2.24) is 0 Å². The number of thioether (sulfide) groups is 1. The third-order valence-electron chi connectivity index (χ3n) is 1.97. The van der Waals surface area contributed by atoms with Crippen LogP contribution in [0.4, 0.5) is 11.4 Å². The van der Waals surface area contributed by atoms with Crippen LogP contribution in [0.1, 0.15) is 13.3 Å². The number of nitrogens with zero attached hydrogens (tertiary/aromatic N) is 1. The maximum Gasteiger partial charge on any atom is 0.305 e. The molecule has 0 saturated carbocycles. The van der Waals surface area contributed by atoms with E-state index in [4.69, 9.17) is 0 Å². The van der Waals surface area contributed by atoms with E-state index in [2.05, 4.69) is 5.32 Å². The normalized spacial score (nSPS) is 10.0. The highest BCUT2D eigenvalue weighted by molar-refractivity contribution is 7.98. The molecular weight excluding hydrogens is 212 g/mol. The summed E-state index contributed by atoms with van der Waals surface area (Å²) in [5, 5.41) is 14.0. The van der Waals surface area contributed by atoms with E-state index in [9.17, 15) is 10.1 Å². The fourth-order valence-electron chi connectivity index (χ4n) is 1.28. The van der Waals surface area contributed by atoms with Crippen molar-refractivity contribution < 1.29 is 4.92 Å². The molecule has 1 aromatic rings. The summed E-state index contributed by atoms with van der Waals surface area (Å²) >= 11 is 1.39. The van der Waals surface area contributed by atoms with Crippen molar-refractivity contribution in [2.75, 3.05) is 18.1 Å². The molecule has 0 bridgehead atoms. The first-order valence-electron chi connectivity index (χ1n) is 4.76. The van der Waals surface area contributed by atoms with Gasteiger partial charge < -0.3 is 5.32 Å². The molecular formula is C10H14N2O2S. The molecule has 0 fully saturated rings. The second-order valence-electron chi connectivity index (χ2n) is 3.04. The smallest absolute Gasteiger partial charge is 0.305 e. The van der Waals surface area contributed by atoms with Gasteiger partial charge in [-0.25, -0.2) is 0 Å². The molecule has 0 aromatic heterocycles. The number of hydrogen-bond donors (Lipinski definition) is 1. The SMILES string of the molecule is CCCNc1cccc(SC)c1[N+](=O)[O-]. The number of nitro groups is 1. The molecule has 0 amide bonds. The lowest BCUT2D eigenvalue weighted by Crippen LogP contribution is -2.03. The molecule has 0 aliphatic heterocycles. The van der Waals surface area contributed by atoms with Gasteiger partial charge in [0.15, 0.2) is 0 Å². The number of hydrogen-bond acceptors (Lipinski definition) is 4. The lowest BCUT2D eigenvalue weighted by molar-refractivity contribution is -0.386. The Morgan fingerprint density at radius 3 is 2.80 bits per heavy atom. The first-order valence-corrected chi connectivity index (χ1v) is 5.98. The van der Waals surface area contributed by atoms with Gasteiger partial charge in [-0.2, -0.15) is 0 Å². The summed E-state index contributed by atoms with van der Waals surface area (Å²) < 4.78 is 0. The second-order valence-corrected chi connectivity index (χ2v) is 3.89. The fraction of sp³-hybridized carbons (Fsp3) is 0.400. The first kappa shape index (κ1) is 11.8. The molecule has 1 N–H and O–H groups in total. The summed E-state index contributed by atoms with van der Waals surface area (Å²) in [5.41, 5.74) is 0.784. The van der Waals surface area contributed by atoms with Gasteiger partial charge >= 0.3 is 5.69 Å². The van der Waals surface area contributed by atoms with Crippen molar-refractivity contribution in [3.63, 3.8) is 0 Å².